The zero-order valence-electron chi connectivity index (χ0n) is 19.1. The van der Waals surface area contributed by atoms with E-state index in [9.17, 15) is 19.5 Å². The average Bonchev–Trinajstić information content (AvgIpc) is 3.16. The lowest BCUT2D eigenvalue weighted by Gasteiger charge is -2.16. The summed E-state index contributed by atoms with van der Waals surface area (Å²) < 4.78 is 5.50. The topological polar surface area (TPSA) is 105 Å². The molecule has 1 aliphatic rings. The van der Waals surface area contributed by atoms with Gasteiger partial charge < -0.3 is 20.5 Å². The number of alkyl carbamates (subject to hydrolysis) is 1. The quantitative estimate of drug-likeness (QED) is 0.383. The Morgan fingerprint density at radius 3 is 2.23 bits per heavy atom. The molecular weight excluding hydrogens is 468 g/mol. The van der Waals surface area contributed by atoms with Crippen LogP contribution in [0.5, 0.6) is 0 Å². The fraction of sp³-hybridized carbons (Fsp3) is 0.222. The van der Waals surface area contributed by atoms with Gasteiger partial charge in [0, 0.05) is 18.4 Å². The van der Waals surface area contributed by atoms with E-state index in [-0.39, 0.29) is 41.3 Å². The first kappa shape index (κ1) is 24.3. The molecule has 0 radical (unpaired) electrons. The molecule has 180 valence electrons. The number of carbonyl (C=O) groups is 3. The van der Waals surface area contributed by atoms with Crippen molar-refractivity contribution >= 4 is 35.3 Å². The first-order valence-corrected chi connectivity index (χ1v) is 11.7. The molecule has 0 saturated heterocycles. The smallest absolute Gasteiger partial charge is 0.407 e. The highest BCUT2D eigenvalue weighted by Crippen LogP contribution is 2.44. The number of amides is 2. The number of halogens is 1. The fourth-order valence-electron chi connectivity index (χ4n) is 4.27. The average molecular weight is 493 g/mol. The molecule has 3 N–H and O–H groups in total. The Morgan fingerprint density at radius 2 is 1.60 bits per heavy atom. The normalized spacial score (nSPS) is 12.9. The van der Waals surface area contributed by atoms with Crippen LogP contribution in [-0.4, -0.2) is 36.2 Å². The Hall–Kier alpha value is -3.84. The Bertz CT molecular complexity index is 1230. The van der Waals surface area contributed by atoms with Crippen molar-refractivity contribution in [2.75, 3.05) is 18.5 Å². The van der Waals surface area contributed by atoms with Crippen LogP contribution in [-0.2, 0) is 9.53 Å². The minimum atomic E-state index is -1.23. The molecule has 7 nitrogen and oxygen atoms in total. The first-order chi connectivity index (χ1) is 16.9. The molecule has 1 atom stereocenters. The Labute approximate surface area is 208 Å². The summed E-state index contributed by atoms with van der Waals surface area (Å²) in [4.78, 5) is 36.3. The van der Waals surface area contributed by atoms with E-state index in [1.165, 1.54) is 12.1 Å². The Morgan fingerprint density at radius 1 is 0.971 bits per heavy atom. The molecule has 3 aromatic rings. The zero-order chi connectivity index (χ0) is 24.9. The highest BCUT2D eigenvalue weighted by atomic mass is 35.5. The number of carboxylic acid groups (broad SMARTS) is 1. The molecule has 1 aliphatic carbocycles. The summed E-state index contributed by atoms with van der Waals surface area (Å²) in [5, 5.41) is 14.7. The molecule has 8 heteroatoms. The van der Waals surface area contributed by atoms with Crippen LogP contribution in [0.4, 0.5) is 10.5 Å². The number of benzene rings is 3. The SMILES string of the molecule is CC(CCNC(=O)OCC1c2ccccc2-c2ccccc21)C(=O)Nc1cccc(Cl)c1C(=O)O. The summed E-state index contributed by atoms with van der Waals surface area (Å²) in [6, 6.07) is 20.7. The van der Waals surface area contributed by atoms with Crippen LogP contribution in [0.1, 0.15) is 40.7 Å². The van der Waals surface area contributed by atoms with E-state index in [0.29, 0.717) is 6.42 Å². The second-order valence-corrected chi connectivity index (χ2v) is 8.81. The van der Waals surface area contributed by atoms with Crippen molar-refractivity contribution in [3.8, 4) is 11.1 Å². The van der Waals surface area contributed by atoms with Gasteiger partial charge in [0.2, 0.25) is 5.91 Å². The summed E-state index contributed by atoms with van der Waals surface area (Å²) in [5.41, 5.74) is 4.55. The van der Waals surface area contributed by atoms with Crippen LogP contribution in [0.2, 0.25) is 5.02 Å². The number of aromatic carboxylic acids is 1. The molecular formula is C27H25ClN2O5. The van der Waals surface area contributed by atoms with Gasteiger partial charge in [-0.05, 0) is 40.8 Å². The summed E-state index contributed by atoms with van der Waals surface area (Å²) in [5.74, 6) is -2.11. The van der Waals surface area contributed by atoms with E-state index >= 15 is 0 Å². The predicted molar refractivity (Wildman–Crippen MR) is 134 cm³/mol. The standard InChI is InChI=1S/C27H25ClN2O5/c1-16(25(31)30-23-12-6-11-22(28)24(23)26(32)33)13-14-29-27(34)35-15-21-19-9-4-2-7-17(19)18-8-3-5-10-20(18)21/h2-12,16,21H,13-15H2,1H3,(H,29,34)(H,30,31)(H,32,33). The molecule has 4 rings (SSSR count). The first-order valence-electron chi connectivity index (χ1n) is 11.3. The third kappa shape index (κ3) is 5.30. The summed E-state index contributed by atoms with van der Waals surface area (Å²) in [7, 11) is 0. The van der Waals surface area contributed by atoms with E-state index in [2.05, 4.69) is 34.9 Å². The van der Waals surface area contributed by atoms with Gasteiger partial charge in [-0.1, -0.05) is 73.1 Å². The number of nitrogens with one attached hydrogen (secondary N) is 2. The molecule has 3 aromatic carbocycles. The molecule has 0 fully saturated rings. The summed E-state index contributed by atoms with van der Waals surface area (Å²) >= 11 is 5.95. The highest BCUT2D eigenvalue weighted by molar-refractivity contribution is 6.34. The number of carbonyl (C=O) groups excluding carboxylic acids is 2. The lowest BCUT2D eigenvalue weighted by atomic mass is 9.98. The van der Waals surface area contributed by atoms with Gasteiger partial charge in [-0.15, -0.1) is 0 Å². The number of hydrogen-bond acceptors (Lipinski definition) is 4. The summed E-state index contributed by atoms with van der Waals surface area (Å²) in [6.07, 6.45) is -0.207. The summed E-state index contributed by atoms with van der Waals surface area (Å²) in [6.45, 7) is 2.13. The number of fused-ring (bicyclic) bond motifs is 3. The third-order valence-electron chi connectivity index (χ3n) is 6.12. The number of anilines is 1. The monoisotopic (exact) mass is 492 g/mol. The van der Waals surface area contributed by atoms with E-state index < -0.39 is 18.0 Å². The van der Waals surface area contributed by atoms with Gasteiger partial charge in [0.15, 0.2) is 0 Å². The fourth-order valence-corrected chi connectivity index (χ4v) is 4.53. The van der Waals surface area contributed by atoms with Crippen LogP contribution < -0.4 is 10.6 Å². The number of ether oxygens (including phenoxy) is 1. The molecule has 0 aromatic heterocycles. The van der Waals surface area contributed by atoms with Gasteiger partial charge in [0.25, 0.3) is 0 Å². The number of hydrogen-bond donors (Lipinski definition) is 3. The lowest BCUT2D eigenvalue weighted by Crippen LogP contribution is -2.30. The third-order valence-corrected chi connectivity index (χ3v) is 6.44. The van der Waals surface area contributed by atoms with E-state index in [1.54, 1.807) is 13.0 Å². The largest absolute Gasteiger partial charge is 0.478 e. The minimum absolute atomic E-state index is 0.0287. The van der Waals surface area contributed by atoms with Crippen LogP contribution in [0, 0.1) is 5.92 Å². The van der Waals surface area contributed by atoms with Crippen molar-refractivity contribution in [3.63, 3.8) is 0 Å². The van der Waals surface area contributed by atoms with Crippen LogP contribution in [0.25, 0.3) is 11.1 Å². The molecule has 0 bridgehead atoms. The molecule has 35 heavy (non-hydrogen) atoms. The minimum Gasteiger partial charge on any atom is -0.478 e. The van der Waals surface area contributed by atoms with Crippen molar-refractivity contribution < 1.29 is 24.2 Å². The molecule has 0 saturated carbocycles. The van der Waals surface area contributed by atoms with Gasteiger partial charge in [0.1, 0.15) is 12.2 Å². The van der Waals surface area contributed by atoms with Gasteiger partial charge in [-0.25, -0.2) is 9.59 Å². The van der Waals surface area contributed by atoms with Gasteiger partial charge in [-0.2, -0.15) is 0 Å². The van der Waals surface area contributed by atoms with Gasteiger partial charge in [-0.3, -0.25) is 4.79 Å². The van der Waals surface area contributed by atoms with E-state index in [1.807, 2.05) is 24.3 Å². The van der Waals surface area contributed by atoms with Crippen LogP contribution in [0.3, 0.4) is 0 Å². The van der Waals surface area contributed by atoms with Crippen LogP contribution >= 0.6 is 11.6 Å². The van der Waals surface area contributed by atoms with Gasteiger partial charge >= 0.3 is 12.1 Å². The number of carboxylic acids is 1. The van der Waals surface area contributed by atoms with Crippen molar-refractivity contribution in [3.05, 3.63) is 88.4 Å². The van der Waals surface area contributed by atoms with E-state index in [0.717, 1.165) is 22.3 Å². The van der Waals surface area contributed by atoms with E-state index in [4.69, 9.17) is 16.3 Å². The molecule has 2 amide bonds. The van der Waals surface area contributed by atoms with Crippen molar-refractivity contribution in [1.29, 1.82) is 0 Å². The lowest BCUT2D eigenvalue weighted by molar-refractivity contribution is -0.119. The maximum absolute atomic E-state index is 12.5. The van der Waals surface area contributed by atoms with Crippen molar-refractivity contribution in [2.45, 2.75) is 19.3 Å². The predicted octanol–water partition coefficient (Wildman–Crippen LogP) is 5.54. The second-order valence-electron chi connectivity index (χ2n) is 8.40. The maximum Gasteiger partial charge on any atom is 0.407 e. The maximum atomic E-state index is 12.5. The highest BCUT2D eigenvalue weighted by Gasteiger charge is 2.29. The van der Waals surface area contributed by atoms with Crippen molar-refractivity contribution in [1.82, 2.24) is 5.32 Å². The number of rotatable bonds is 8. The molecule has 1 unspecified atom stereocenters. The van der Waals surface area contributed by atoms with Gasteiger partial charge in [0.05, 0.1) is 10.7 Å². The molecule has 0 heterocycles. The molecule has 0 spiro atoms. The Balaban J connectivity index is 1.27. The second kappa shape index (κ2) is 10.6. The zero-order valence-corrected chi connectivity index (χ0v) is 19.8. The Kier molecular flexibility index (Phi) is 7.36. The molecule has 0 aliphatic heterocycles. The van der Waals surface area contributed by atoms with Crippen molar-refractivity contribution in [2.24, 2.45) is 5.92 Å². The van der Waals surface area contributed by atoms with Crippen LogP contribution in [0.15, 0.2) is 66.7 Å².